The second kappa shape index (κ2) is 12.0. The smallest absolute Gasteiger partial charge is 0.145 e. The van der Waals surface area contributed by atoms with Gasteiger partial charge < -0.3 is 0 Å². The molecule has 10 aromatic rings. The molecule has 0 aliphatic heterocycles. The van der Waals surface area contributed by atoms with Crippen molar-refractivity contribution in [2.24, 2.45) is 0 Å². The molecule has 51 heavy (non-hydrogen) atoms. The van der Waals surface area contributed by atoms with E-state index >= 15 is 0 Å². The highest BCUT2D eigenvalue weighted by atomic mass is 15.1. The van der Waals surface area contributed by atoms with Crippen molar-refractivity contribution in [3.8, 4) is 50.5 Å². The van der Waals surface area contributed by atoms with E-state index in [-0.39, 0.29) is 0 Å². The largest absolute Gasteiger partial charge is 0.292 e. The number of para-hydroxylation sites is 2. The van der Waals surface area contributed by atoms with Gasteiger partial charge in [0.1, 0.15) is 5.82 Å². The van der Waals surface area contributed by atoms with Crippen molar-refractivity contribution in [2.75, 3.05) is 0 Å². The number of imidazole rings is 1. The summed E-state index contributed by atoms with van der Waals surface area (Å²) in [4.78, 5) is 5.19. The van der Waals surface area contributed by atoms with E-state index in [1.165, 1.54) is 65.7 Å². The van der Waals surface area contributed by atoms with Crippen LogP contribution in [0.1, 0.15) is 0 Å². The number of rotatable bonds is 5. The van der Waals surface area contributed by atoms with Gasteiger partial charge in [-0.05, 0) is 96.0 Å². The minimum absolute atomic E-state index is 0.925. The van der Waals surface area contributed by atoms with Gasteiger partial charge in [0.2, 0.25) is 0 Å². The average molecular weight is 649 g/mol. The molecule has 0 unspecified atom stereocenters. The van der Waals surface area contributed by atoms with Gasteiger partial charge in [-0.1, -0.05) is 164 Å². The van der Waals surface area contributed by atoms with Crippen molar-refractivity contribution in [1.29, 1.82) is 0 Å². The molecule has 0 radical (unpaired) electrons. The fourth-order valence-corrected chi connectivity index (χ4v) is 7.82. The van der Waals surface area contributed by atoms with Gasteiger partial charge in [0.25, 0.3) is 0 Å². The molecule has 0 spiro atoms. The number of nitrogens with zero attached hydrogens (tertiary/aromatic N) is 2. The second-order valence-corrected chi connectivity index (χ2v) is 13.2. The van der Waals surface area contributed by atoms with Crippen molar-refractivity contribution in [3.63, 3.8) is 0 Å². The van der Waals surface area contributed by atoms with E-state index in [9.17, 15) is 0 Å². The molecule has 0 saturated carbocycles. The molecular formula is C49H32N2. The number of aromatic nitrogens is 2. The predicted molar refractivity (Wildman–Crippen MR) is 215 cm³/mol. The zero-order chi connectivity index (χ0) is 33.7. The second-order valence-electron chi connectivity index (χ2n) is 13.2. The maximum atomic E-state index is 5.19. The van der Waals surface area contributed by atoms with Gasteiger partial charge in [0.15, 0.2) is 0 Å². The highest BCUT2D eigenvalue weighted by molar-refractivity contribution is 6.21. The van der Waals surface area contributed by atoms with Crippen molar-refractivity contribution >= 4 is 43.4 Å². The molecule has 0 N–H and O–H groups in total. The third-order valence-corrected chi connectivity index (χ3v) is 10.2. The van der Waals surface area contributed by atoms with Gasteiger partial charge in [-0.25, -0.2) is 4.98 Å². The van der Waals surface area contributed by atoms with Gasteiger partial charge in [0.05, 0.1) is 11.0 Å². The summed E-state index contributed by atoms with van der Waals surface area (Å²) in [6.07, 6.45) is 0. The van der Waals surface area contributed by atoms with Crippen molar-refractivity contribution in [2.45, 2.75) is 0 Å². The van der Waals surface area contributed by atoms with Crippen LogP contribution in [0.3, 0.4) is 0 Å². The monoisotopic (exact) mass is 648 g/mol. The highest BCUT2D eigenvalue weighted by Gasteiger charge is 2.19. The molecule has 2 heteroatoms. The zero-order valence-electron chi connectivity index (χ0n) is 27.9. The summed E-state index contributed by atoms with van der Waals surface area (Å²) < 4.78 is 2.31. The summed E-state index contributed by atoms with van der Waals surface area (Å²) in [6, 6.07) is 69.9. The topological polar surface area (TPSA) is 17.8 Å². The average Bonchev–Trinajstić information content (AvgIpc) is 3.60. The fourth-order valence-electron chi connectivity index (χ4n) is 7.82. The third-order valence-electron chi connectivity index (χ3n) is 10.2. The first-order valence-electron chi connectivity index (χ1n) is 17.5. The Morgan fingerprint density at radius 2 is 0.843 bits per heavy atom. The van der Waals surface area contributed by atoms with E-state index in [1.54, 1.807) is 0 Å². The van der Waals surface area contributed by atoms with Crippen LogP contribution in [0.25, 0.3) is 93.8 Å². The molecule has 0 atom stereocenters. The Labute approximate surface area is 296 Å². The third kappa shape index (κ3) is 4.92. The van der Waals surface area contributed by atoms with Crippen molar-refractivity contribution in [3.05, 3.63) is 194 Å². The molecule has 1 heterocycles. The Balaban J connectivity index is 1.17. The van der Waals surface area contributed by atoms with Gasteiger partial charge in [-0.15, -0.1) is 0 Å². The van der Waals surface area contributed by atoms with Crippen LogP contribution >= 0.6 is 0 Å². The normalized spacial score (nSPS) is 11.5. The summed E-state index contributed by atoms with van der Waals surface area (Å²) in [5, 5.41) is 7.48. The minimum Gasteiger partial charge on any atom is -0.292 e. The van der Waals surface area contributed by atoms with Crippen LogP contribution in [0.15, 0.2) is 194 Å². The lowest BCUT2D eigenvalue weighted by molar-refractivity contribution is 1.10. The zero-order valence-corrected chi connectivity index (χ0v) is 27.9. The Kier molecular flexibility index (Phi) is 6.85. The summed E-state index contributed by atoms with van der Waals surface area (Å²) in [5.74, 6) is 0.925. The van der Waals surface area contributed by atoms with Crippen LogP contribution in [0.4, 0.5) is 0 Å². The molecular weight excluding hydrogens is 617 g/mol. The maximum absolute atomic E-state index is 5.19. The first kappa shape index (κ1) is 29.2. The fraction of sp³-hybridized carbons (Fsp3) is 0. The summed E-state index contributed by atoms with van der Waals surface area (Å²) >= 11 is 0. The molecule has 0 aliphatic carbocycles. The number of hydrogen-bond acceptors (Lipinski definition) is 1. The van der Waals surface area contributed by atoms with E-state index in [0.29, 0.717) is 0 Å². The Morgan fingerprint density at radius 1 is 0.333 bits per heavy atom. The van der Waals surface area contributed by atoms with E-state index in [2.05, 4.69) is 199 Å². The van der Waals surface area contributed by atoms with Crippen molar-refractivity contribution in [1.82, 2.24) is 9.55 Å². The minimum atomic E-state index is 0.925. The standard InChI is InChI=1S/C49H32N2/c1-2-13-33(14-3-1)35-25-28-36(29-26-35)49-50-45-23-10-11-24-46(45)51(49)40-18-12-17-38(32-40)47-41-19-6-8-21-43(41)48(44-22-9-7-20-42(44)47)39-30-27-34-15-4-5-16-37(34)31-39/h1-32H. The lowest BCUT2D eigenvalue weighted by atomic mass is 9.85. The molecule has 2 nitrogen and oxygen atoms in total. The quantitative estimate of drug-likeness (QED) is 0.170. The summed E-state index contributed by atoms with van der Waals surface area (Å²) in [6.45, 7) is 0. The molecule has 0 aliphatic rings. The van der Waals surface area contributed by atoms with E-state index in [4.69, 9.17) is 4.98 Å². The van der Waals surface area contributed by atoms with Crippen LogP contribution in [-0.2, 0) is 0 Å². The van der Waals surface area contributed by atoms with E-state index in [0.717, 1.165) is 28.1 Å². The maximum Gasteiger partial charge on any atom is 0.145 e. The van der Waals surface area contributed by atoms with Gasteiger partial charge in [-0.3, -0.25) is 4.57 Å². The predicted octanol–water partition coefficient (Wildman–Crippen LogP) is 13.2. The Hall–Kier alpha value is -6.77. The van der Waals surface area contributed by atoms with Gasteiger partial charge in [0, 0.05) is 11.3 Å². The van der Waals surface area contributed by atoms with Crippen molar-refractivity contribution < 1.29 is 0 Å². The summed E-state index contributed by atoms with van der Waals surface area (Å²) in [7, 11) is 0. The van der Waals surface area contributed by atoms with E-state index in [1.807, 2.05) is 0 Å². The molecule has 0 amide bonds. The number of benzene rings is 9. The van der Waals surface area contributed by atoms with Gasteiger partial charge >= 0.3 is 0 Å². The van der Waals surface area contributed by atoms with E-state index < -0.39 is 0 Å². The summed E-state index contributed by atoms with van der Waals surface area (Å²) in [5.41, 5.74) is 11.5. The molecule has 10 rings (SSSR count). The number of hydrogen-bond donors (Lipinski definition) is 0. The molecule has 9 aromatic carbocycles. The lowest BCUT2D eigenvalue weighted by Gasteiger charge is -2.19. The molecule has 0 fully saturated rings. The molecule has 238 valence electrons. The SMILES string of the molecule is c1ccc(-c2ccc(-c3nc4ccccc4n3-c3cccc(-c4c5ccccc5c(-c5ccc6ccccc6c5)c5ccccc45)c3)cc2)cc1. The lowest BCUT2D eigenvalue weighted by Crippen LogP contribution is -1.98. The van der Waals surface area contributed by atoms with Crippen LogP contribution < -0.4 is 0 Å². The van der Waals surface area contributed by atoms with Crippen LogP contribution in [0.2, 0.25) is 0 Å². The van der Waals surface area contributed by atoms with Crippen LogP contribution in [0.5, 0.6) is 0 Å². The highest BCUT2D eigenvalue weighted by Crippen LogP contribution is 2.44. The van der Waals surface area contributed by atoms with Crippen LogP contribution in [-0.4, -0.2) is 9.55 Å². The van der Waals surface area contributed by atoms with Crippen LogP contribution in [0, 0.1) is 0 Å². The molecule has 0 saturated heterocycles. The van der Waals surface area contributed by atoms with Gasteiger partial charge in [-0.2, -0.15) is 0 Å². The molecule has 1 aromatic heterocycles. The Morgan fingerprint density at radius 3 is 1.55 bits per heavy atom. The molecule has 0 bridgehead atoms. The first-order valence-corrected chi connectivity index (χ1v) is 17.5. The first-order chi connectivity index (χ1) is 25.3. The Bertz CT molecular complexity index is 2840. The number of fused-ring (bicyclic) bond motifs is 4.